The molecular formula is C66H76ClF2N13O2. The Balaban J connectivity index is 0.000000132. The van der Waals surface area contributed by atoms with E-state index >= 15 is 8.78 Å². The van der Waals surface area contributed by atoms with Gasteiger partial charge in [0.25, 0.3) is 0 Å². The fourth-order valence-corrected chi connectivity index (χ4v) is 16.2. The number of hydrogen-bond acceptors (Lipinski definition) is 15. The summed E-state index contributed by atoms with van der Waals surface area (Å²) in [5.41, 5.74) is 3.61. The van der Waals surface area contributed by atoms with Crippen molar-refractivity contribution in [2.24, 2.45) is 11.3 Å². The van der Waals surface area contributed by atoms with Gasteiger partial charge in [0.1, 0.15) is 40.7 Å². The Hall–Kier alpha value is -6.50. The van der Waals surface area contributed by atoms with Gasteiger partial charge in [-0.15, -0.1) is 0 Å². The molecule has 7 atom stereocenters. The standard InChI is InChI=1S/C33H36ClFN6O.C25H25FN6O.C8H15N/c1-32(2)17-33(12-5-13-41(33)18-32)19-42-31-38-29-24(30(39-31)40-15-21-10-11-22(16-40)37-21)14-36-28(27(29)35)23-8-3-6-20-7-4-9-25(34)26(20)23;1-3-14-5-4-6-15-9-27-10-18(20(14)15)22-21(26)23-19(11-28-22)24(31-25(30-23)33-2)32-12-16-7-8-17(13-32)29-16;1-7-5-8-3-2-4-9(8)6-7/h3-4,6-9,14,21-22,37H,5,10-13,15-19H2,1-2H3;4-6,9-11,16-17,29H,3,7-8,12-13H2,1-2H3;7-8H,2-6H2,1H3/t;;7-,8?/m..0/s1. The van der Waals surface area contributed by atoms with Crippen LogP contribution in [0.15, 0.2) is 79.4 Å². The Morgan fingerprint density at radius 2 is 1.30 bits per heavy atom. The minimum absolute atomic E-state index is 0.0161. The molecule has 8 saturated heterocycles. The lowest BCUT2D eigenvalue weighted by Crippen LogP contribution is -2.51. The van der Waals surface area contributed by atoms with Crippen molar-refractivity contribution in [1.82, 2.24) is 55.3 Å². The van der Waals surface area contributed by atoms with Crippen molar-refractivity contribution >= 4 is 66.6 Å². The van der Waals surface area contributed by atoms with Gasteiger partial charge in [0.05, 0.1) is 23.4 Å². The summed E-state index contributed by atoms with van der Waals surface area (Å²) in [5, 5.41) is 12.7. The van der Waals surface area contributed by atoms with E-state index in [0.29, 0.717) is 69.3 Å². The number of anilines is 2. The summed E-state index contributed by atoms with van der Waals surface area (Å²) in [4.78, 5) is 42.0. The van der Waals surface area contributed by atoms with Gasteiger partial charge >= 0.3 is 12.0 Å². The molecule has 16 rings (SSSR count). The number of benzene rings is 3. The van der Waals surface area contributed by atoms with E-state index in [0.717, 1.165) is 123 Å². The van der Waals surface area contributed by atoms with Crippen LogP contribution in [0.25, 0.3) is 65.9 Å². The number of piperazine rings is 2. The van der Waals surface area contributed by atoms with Crippen molar-refractivity contribution in [2.45, 2.75) is 134 Å². The number of aryl methyl sites for hydroxylation is 1. The molecule has 84 heavy (non-hydrogen) atoms. The van der Waals surface area contributed by atoms with Crippen molar-refractivity contribution in [2.75, 3.05) is 75.9 Å². The summed E-state index contributed by atoms with van der Waals surface area (Å²) in [6, 6.07) is 20.5. The average molecular weight is 1160 g/mol. The molecule has 0 radical (unpaired) electrons. The number of rotatable bonds is 9. The molecule has 0 aliphatic carbocycles. The van der Waals surface area contributed by atoms with E-state index in [4.69, 9.17) is 31.0 Å². The molecule has 15 nitrogen and oxygen atoms in total. The third kappa shape index (κ3) is 10.3. The first-order valence-electron chi connectivity index (χ1n) is 30.7. The van der Waals surface area contributed by atoms with Crippen molar-refractivity contribution < 1.29 is 18.3 Å². The molecule has 8 aliphatic rings. The third-order valence-electron chi connectivity index (χ3n) is 19.5. The Morgan fingerprint density at radius 1 is 0.679 bits per heavy atom. The number of fused-ring (bicyclic) bond motifs is 10. The molecule has 6 unspecified atom stereocenters. The number of ether oxygens (including phenoxy) is 2. The van der Waals surface area contributed by atoms with Crippen LogP contribution in [0.5, 0.6) is 12.0 Å². The summed E-state index contributed by atoms with van der Waals surface area (Å²) in [6.45, 7) is 17.8. The molecule has 18 heteroatoms. The van der Waals surface area contributed by atoms with Gasteiger partial charge in [-0.1, -0.05) is 87.8 Å². The summed E-state index contributed by atoms with van der Waals surface area (Å²) >= 11 is 6.62. The molecule has 13 heterocycles. The van der Waals surface area contributed by atoms with Crippen molar-refractivity contribution in [3.63, 3.8) is 0 Å². The second-order valence-corrected chi connectivity index (χ2v) is 26.4. The first-order chi connectivity index (χ1) is 40.8. The van der Waals surface area contributed by atoms with Crippen LogP contribution in [0.3, 0.4) is 0 Å². The van der Waals surface area contributed by atoms with Crippen LogP contribution in [0.2, 0.25) is 5.02 Å². The van der Waals surface area contributed by atoms with Gasteiger partial charge in [-0.05, 0) is 117 Å². The largest absolute Gasteiger partial charge is 0.467 e. The van der Waals surface area contributed by atoms with Crippen LogP contribution >= 0.6 is 11.6 Å². The normalized spacial score (nSPS) is 26.0. The molecule has 0 amide bonds. The van der Waals surface area contributed by atoms with Crippen LogP contribution in [0.4, 0.5) is 20.4 Å². The zero-order valence-corrected chi connectivity index (χ0v) is 49.7. The predicted octanol–water partition coefficient (Wildman–Crippen LogP) is 11.6. The highest BCUT2D eigenvalue weighted by molar-refractivity contribution is 6.36. The number of pyridine rings is 3. The van der Waals surface area contributed by atoms with Gasteiger partial charge in [0.2, 0.25) is 0 Å². The minimum Gasteiger partial charge on any atom is -0.467 e. The lowest BCUT2D eigenvalue weighted by molar-refractivity contribution is 0.107. The maximum Gasteiger partial charge on any atom is 0.319 e. The van der Waals surface area contributed by atoms with E-state index in [1.807, 2.05) is 48.5 Å². The predicted molar refractivity (Wildman–Crippen MR) is 329 cm³/mol. The first-order valence-corrected chi connectivity index (χ1v) is 31.1. The lowest BCUT2D eigenvalue weighted by atomic mass is 9.83. The van der Waals surface area contributed by atoms with Crippen LogP contribution < -0.4 is 29.9 Å². The summed E-state index contributed by atoms with van der Waals surface area (Å²) in [7, 11) is 1.51. The minimum atomic E-state index is -0.479. The topological polar surface area (TPSA) is 146 Å². The van der Waals surface area contributed by atoms with Gasteiger partial charge in [-0.25, -0.2) is 8.78 Å². The average Bonchev–Trinajstić information content (AvgIpc) is 3.54. The first kappa shape index (κ1) is 55.4. The fourth-order valence-electron chi connectivity index (χ4n) is 15.9. The SMILES string of the molecule is CC1(C)CN2CCCC2(COc2nc(N3CC4CCC(C3)N4)c3cnc(-c4cccc5cccc(Cl)c45)c(F)c3n2)C1.CCc1cccc2cncc(-c3ncc4c(N5CC6CCC(C5)N6)nc(OC)nc4c3F)c12.C[C@H]1CC2CCCN2C1. The monoisotopic (exact) mass is 1160 g/mol. The summed E-state index contributed by atoms with van der Waals surface area (Å²) in [6.07, 6.45) is 20.1. The molecule has 8 fully saturated rings. The Labute approximate surface area is 495 Å². The van der Waals surface area contributed by atoms with Gasteiger partial charge < -0.3 is 34.8 Å². The van der Waals surface area contributed by atoms with Crippen LogP contribution in [0.1, 0.15) is 97.5 Å². The summed E-state index contributed by atoms with van der Waals surface area (Å²) < 4.78 is 44.6. The number of hydrogen-bond donors (Lipinski definition) is 2. The molecule has 8 aromatic rings. The van der Waals surface area contributed by atoms with Crippen molar-refractivity contribution in [1.29, 1.82) is 0 Å². The third-order valence-corrected chi connectivity index (χ3v) is 19.8. The molecule has 8 aliphatic heterocycles. The highest BCUT2D eigenvalue weighted by Gasteiger charge is 2.52. The molecule has 438 valence electrons. The lowest BCUT2D eigenvalue weighted by Gasteiger charge is -2.34. The molecule has 0 spiro atoms. The number of halogens is 3. The quantitative estimate of drug-likeness (QED) is 0.141. The molecule has 0 saturated carbocycles. The van der Waals surface area contributed by atoms with Crippen molar-refractivity contribution in [3.05, 3.63) is 102 Å². The summed E-state index contributed by atoms with van der Waals surface area (Å²) in [5.74, 6) is 1.41. The fraction of sp³-hybridized carbons (Fsp3) is 0.500. The number of nitrogens with zero attached hydrogens (tertiary/aromatic N) is 11. The van der Waals surface area contributed by atoms with E-state index in [1.165, 1.54) is 45.9 Å². The Bertz CT molecular complexity index is 3770. The molecule has 5 aromatic heterocycles. The zero-order chi connectivity index (χ0) is 57.4. The highest BCUT2D eigenvalue weighted by atomic mass is 35.5. The van der Waals surface area contributed by atoms with Crippen molar-refractivity contribution in [3.8, 4) is 34.5 Å². The number of methoxy groups -OCH3 is 1. The van der Waals surface area contributed by atoms with Gasteiger partial charge in [-0.2, -0.15) is 19.9 Å². The van der Waals surface area contributed by atoms with E-state index in [1.54, 1.807) is 24.8 Å². The highest BCUT2D eigenvalue weighted by Crippen LogP contribution is 2.48. The zero-order valence-electron chi connectivity index (χ0n) is 49.0. The van der Waals surface area contributed by atoms with Crippen LogP contribution in [0, 0.1) is 23.0 Å². The van der Waals surface area contributed by atoms with Crippen LogP contribution in [-0.4, -0.2) is 147 Å². The maximum absolute atomic E-state index is 16.7. The smallest absolute Gasteiger partial charge is 0.319 e. The second-order valence-electron chi connectivity index (χ2n) is 26.0. The van der Waals surface area contributed by atoms with Gasteiger partial charge in [0.15, 0.2) is 11.6 Å². The second kappa shape index (κ2) is 22.4. The van der Waals surface area contributed by atoms with E-state index in [2.05, 4.69) is 88.9 Å². The Morgan fingerprint density at radius 3 is 1.95 bits per heavy atom. The van der Waals surface area contributed by atoms with E-state index < -0.39 is 11.6 Å². The molecule has 2 N–H and O–H groups in total. The number of nitrogens with one attached hydrogen (secondary N) is 2. The van der Waals surface area contributed by atoms with E-state index in [-0.39, 0.29) is 45.4 Å². The van der Waals surface area contributed by atoms with Gasteiger partial charge in [-0.3, -0.25) is 19.9 Å². The molecule has 4 bridgehead atoms. The Kier molecular flexibility index (Phi) is 14.8. The molecule has 3 aromatic carbocycles. The molecular weight excluding hydrogens is 1080 g/mol. The van der Waals surface area contributed by atoms with Crippen LogP contribution in [-0.2, 0) is 6.42 Å². The van der Waals surface area contributed by atoms with E-state index in [9.17, 15) is 0 Å². The maximum atomic E-state index is 16.7. The van der Waals surface area contributed by atoms with Gasteiger partial charge in [0, 0.05) is 121 Å². The number of aromatic nitrogens is 7.